The van der Waals surface area contributed by atoms with Crippen LogP contribution in [0.3, 0.4) is 0 Å². The zero-order chi connectivity index (χ0) is 17.8. The van der Waals surface area contributed by atoms with Gasteiger partial charge in [0.1, 0.15) is 29.8 Å². The maximum absolute atomic E-state index is 6.46. The van der Waals surface area contributed by atoms with Crippen LogP contribution >= 0.6 is 0 Å². The summed E-state index contributed by atoms with van der Waals surface area (Å²) in [5.41, 5.74) is 7.14. The molecule has 1 aromatic carbocycles. The zero-order valence-corrected chi connectivity index (χ0v) is 14.7. The molecular formula is C20H22N2O4. The lowest BCUT2D eigenvalue weighted by molar-refractivity contribution is 0.0460. The molecule has 1 aromatic rings. The first-order valence-corrected chi connectivity index (χ1v) is 8.93. The summed E-state index contributed by atoms with van der Waals surface area (Å²) < 4.78 is 23.6. The molecule has 5 rings (SSSR count). The SMILES string of the molecule is COC1=CC(OC)C2C(=C1)OC1C2C2OC(N)=NC2[C@H]1c1ccccc1. The van der Waals surface area contributed by atoms with Crippen LogP contribution in [0.15, 0.2) is 59.0 Å². The average Bonchev–Trinajstić information content (AvgIpc) is 3.29. The number of allylic oxidation sites excluding steroid dienone is 1. The van der Waals surface area contributed by atoms with Crippen LogP contribution in [-0.2, 0) is 18.9 Å². The van der Waals surface area contributed by atoms with Gasteiger partial charge in [-0.15, -0.1) is 0 Å². The highest BCUT2D eigenvalue weighted by atomic mass is 16.5. The summed E-state index contributed by atoms with van der Waals surface area (Å²) in [6, 6.07) is 10.6. The average molecular weight is 354 g/mol. The minimum Gasteiger partial charge on any atom is -0.497 e. The van der Waals surface area contributed by atoms with Crippen molar-refractivity contribution in [2.45, 2.75) is 30.3 Å². The normalized spacial score (nSPS) is 39.6. The number of aliphatic imine (C=N–C) groups is 1. The van der Waals surface area contributed by atoms with Crippen LogP contribution < -0.4 is 5.73 Å². The van der Waals surface area contributed by atoms with Crippen LogP contribution in [0.25, 0.3) is 0 Å². The van der Waals surface area contributed by atoms with Crippen molar-refractivity contribution in [1.82, 2.24) is 0 Å². The predicted molar refractivity (Wildman–Crippen MR) is 95.3 cm³/mol. The first-order chi connectivity index (χ1) is 12.7. The number of fused-ring (bicyclic) bond motifs is 5. The molecule has 0 aromatic heterocycles. The van der Waals surface area contributed by atoms with E-state index in [1.807, 2.05) is 30.4 Å². The number of ether oxygens (including phenoxy) is 4. The van der Waals surface area contributed by atoms with Gasteiger partial charge in [-0.3, -0.25) is 0 Å². The first-order valence-electron chi connectivity index (χ1n) is 8.93. The van der Waals surface area contributed by atoms with Crippen LogP contribution in [-0.4, -0.2) is 44.6 Å². The molecule has 2 aliphatic heterocycles. The number of hydrogen-bond donors (Lipinski definition) is 1. The fourth-order valence-electron chi connectivity index (χ4n) is 5.03. The maximum Gasteiger partial charge on any atom is 0.282 e. The van der Waals surface area contributed by atoms with Crippen molar-refractivity contribution >= 4 is 6.02 Å². The molecule has 6 unspecified atom stereocenters. The molecule has 7 atom stereocenters. The Morgan fingerprint density at radius 3 is 2.58 bits per heavy atom. The standard InChI is InChI=1S/C20H22N2O4/c1-23-11-8-12(24-2)15-13(9-11)25-18-14(10-6-4-3-5-7-10)17-19(16(15)18)26-20(21)22-17/h3-9,12,14-19H,1-2H3,(H2,21,22)/t12?,14-,15?,16?,17?,18?,19?/m1/s1. The smallest absolute Gasteiger partial charge is 0.282 e. The van der Waals surface area contributed by atoms with E-state index in [-0.39, 0.29) is 48.1 Å². The van der Waals surface area contributed by atoms with Gasteiger partial charge in [-0.05, 0) is 11.6 Å². The van der Waals surface area contributed by atoms with Crippen molar-refractivity contribution in [1.29, 1.82) is 0 Å². The number of hydrogen-bond acceptors (Lipinski definition) is 6. The maximum atomic E-state index is 6.46. The molecule has 2 heterocycles. The van der Waals surface area contributed by atoms with Gasteiger partial charge >= 0.3 is 0 Å². The second-order valence-electron chi connectivity index (χ2n) is 7.18. The summed E-state index contributed by atoms with van der Waals surface area (Å²) >= 11 is 0. The first kappa shape index (κ1) is 15.8. The highest BCUT2D eigenvalue weighted by Crippen LogP contribution is 2.57. The van der Waals surface area contributed by atoms with Crippen molar-refractivity contribution in [2.75, 3.05) is 14.2 Å². The number of amidine groups is 1. The van der Waals surface area contributed by atoms with Gasteiger partial charge in [-0.25, -0.2) is 4.99 Å². The summed E-state index contributed by atoms with van der Waals surface area (Å²) in [5.74, 6) is 1.97. The number of nitrogens with two attached hydrogens (primary N) is 1. The van der Waals surface area contributed by atoms with Crippen LogP contribution in [0, 0.1) is 11.8 Å². The lowest BCUT2D eigenvalue weighted by Crippen LogP contribution is -2.37. The number of nitrogens with zero attached hydrogens (tertiary/aromatic N) is 1. The Morgan fingerprint density at radius 2 is 1.85 bits per heavy atom. The van der Waals surface area contributed by atoms with Gasteiger partial charge in [0.05, 0.1) is 19.1 Å². The predicted octanol–water partition coefficient (Wildman–Crippen LogP) is 1.94. The number of benzene rings is 1. The van der Waals surface area contributed by atoms with Crippen molar-refractivity contribution in [3.05, 3.63) is 59.6 Å². The van der Waals surface area contributed by atoms with E-state index < -0.39 is 0 Å². The molecule has 2 fully saturated rings. The number of rotatable bonds is 3. The van der Waals surface area contributed by atoms with Crippen LogP contribution in [0.4, 0.5) is 0 Å². The summed E-state index contributed by atoms with van der Waals surface area (Å²) in [6.45, 7) is 0. The van der Waals surface area contributed by atoms with E-state index in [0.29, 0.717) is 0 Å². The second kappa shape index (κ2) is 5.77. The van der Waals surface area contributed by atoms with E-state index >= 15 is 0 Å². The topological polar surface area (TPSA) is 75.3 Å². The quantitative estimate of drug-likeness (QED) is 0.898. The fourth-order valence-corrected chi connectivity index (χ4v) is 5.03. The zero-order valence-electron chi connectivity index (χ0n) is 14.7. The molecule has 2 aliphatic carbocycles. The van der Waals surface area contributed by atoms with Gasteiger partial charge in [0.25, 0.3) is 6.02 Å². The molecule has 1 saturated carbocycles. The Hall–Kier alpha value is -2.47. The molecular weight excluding hydrogens is 332 g/mol. The molecule has 0 bridgehead atoms. The number of methoxy groups -OCH3 is 2. The van der Waals surface area contributed by atoms with Crippen LogP contribution in [0.5, 0.6) is 0 Å². The van der Waals surface area contributed by atoms with Gasteiger partial charge in [0.15, 0.2) is 0 Å². The highest BCUT2D eigenvalue weighted by molar-refractivity contribution is 5.74. The van der Waals surface area contributed by atoms with E-state index in [1.54, 1.807) is 14.2 Å². The van der Waals surface area contributed by atoms with Crippen LogP contribution in [0.1, 0.15) is 11.5 Å². The summed E-state index contributed by atoms with van der Waals surface area (Å²) in [7, 11) is 3.37. The molecule has 1 saturated heterocycles. The monoisotopic (exact) mass is 354 g/mol. The molecule has 6 heteroatoms. The largest absolute Gasteiger partial charge is 0.497 e. The van der Waals surface area contributed by atoms with Crippen molar-refractivity contribution in [3.63, 3.8) is 0 Å². The summed E-state index contributed by atoms with van der Waals surface area (Å²) in [4.78, 5) is 4.60. The highest BCUT2D eigenvalue weighted by Gasteiger charge is 2.64. The molecule has 0 radical (unpaired) electrons. The Balaban J connectivity index is 1.58. The minimum absolute atomic E-state index is 0.0252. The molecule has 0 amide bonds. The lowest BCUT2D eigenvalue weighted by Gasteiger charge is -2.29. The molecule has 4 aliphatic rings. The molecule has 0 spiro atoms. The van der Waals surface area contributed by atoms with Gasteiger partial charge in [-0.1, -0.05) is 30.3 Å². The van der Waals surface area contributed by atoms with Crippen molar-refractivity contribution in [2.24, 2.45) is 22.6 Å². The fraction of sp³-hybridized carbons (Fsp3) is 0.450. The van der Waals surface area contributed by atoms with E-state index in [2.05, 4.69) is 17.1 Å². The summed E-state index contributed by atoms with van der Waals surface area (Å²) in [6.07, 6.45) is 3.72. The molecule has 6 nitrogen and oxygen atoms in total. The van der Waals surface area contributed by atoms with Gasteiger partial charge in [0, 0.05) is 25.0 Å². The Kier molecular flexibility index (Phi) is 3.50. The Morgan fingerprint density at radius 1 is 1.04 bits per heavy atom. The van der Waals surface area contributed by atoms with Crippen molar-refractivity contribution in [3.8, 4) is 0 Å². The van der Waals surface area contributed by atoms with E-state index in [4.69, 9.17) is 24.7 Å². The molecule has 136 valence electrons. The Labute approximate surface area is 152 Å². The van der Waals surface area contributed by atoms with E-state index in [0.717, 1.165) is 11.5 Å². The minimum atomic E-state index is -0.124. The second-order valence-corrected chi connectivity index (χ2v) is 7.18. The van der Waals surface area contributed by atoms with Gasteiger partial charge in [0.2, 0.25) is 0 Å². The molecule has 2 N–H and O–H groups in total. The van der Waals surface area contributed by atoms with E-state index in [9.17, 15) is 0 Å². The summed E-state index contributed by atoms with van der Waals surface area (Å²) in [5, 5.41) is 0. The molecule has 26 heavy (non-hydrogen) atoms. The van der Waals surface area contributed by atoms with E-state index in [1.165, 1.54) is 5.56 Å². The lowest BCUT2D eigenvalue weighted by atomic mass is 9.81. The Bertz CT molecular complexity index is 803. The van der Waals surface area contributed by atoms with Gasteiger partial charge in [-0.2, -0.15) is 0 Å². The van der Waals surface area contributed by atoms with Gasteiger partial charge < -0.3 is 24.7 Å². The van der Waals surface area contributed by atoms with Crippen LogP contribution in [0.2, 0.25) is 0 Å². The third-order valence-electron chi connectivity index (χ3n) is 6.03. The third-order valence-corrected chi connectivity index (χ3v) is 6.03. The third kappa shape index (κ3) is 2.11. The van der Waals surface area contributed by atoms with Crippen molar-refractivity contribution < 1.29 is 18.9 Å².